The average Bonchev–Trinajstić information content (AvgIpc) is 3.42. The first-order valence-electron chi connectivity index (χ1n) is 13.8. The van der Waals surface area contributed by atoms with E-state index in [-0.39, 0.29) is 36.6 Å². The van der Waals surface area contributed by atoms with Crippen molar-refractivity contribution in [3.63, 3.8) is 0 Å². The first kappa shape index (κ1) is 24.8. The predicted octanol–water partition coefficient (Wildman–Crippen LogP) is 2.45. The van der Waals surface area contributed by atoms with Gasteiger partial charge in [0.05, 0.1) is 18.5 Å². The molecule has 5 fully saturated rings. The Morgan fingerprint density at radius 3 is 2.59 bits per heavy atom. The molecule has 0 bridgehead atoms. The maximum atomic E-state index is 13.6. The second-order valence-electron chi connectivity index (χ2n) is 11.9. The fourth-order valence-electron chi connectivity index (χ4n) is 7.95. The molecule has 192 valence electrons. The molecule has 3 saturated carbocycles. The van der Waals surface area contributed by atoms with Gasteiger partial charge in [-0.3, -0.25) is 15.1 Å². The highest BCUT2D eigenvalue weighted by Crippen LogP contribution is 2.50. The predicted molar refractivity (Wildman–Crippen MR) is 138 cm³/mol. The summed E-state index contributed by atoms with van der Waals surface area (Å²) in [4.78, 5) is 16.2. The summed E-state index contributed by atoms with van der Waals surface area (Å²) in [7, 11) is 0. The maximum absolute atomic E-state index is 13.6. The molecule has 5 aliphatic rings. The number of carbonyl (C=O) groups excluding carboxylic acids is 1. The minimum Gasteiger partial charge on any atom is -0.395 e. The number of rotatable bonds is 6. The first-order chi connectivity index (χ1) is 16.4. The molecule has 7 nitrogen and oxygen atoms in total. The lowest BCUT2D eigenvalue weighted by atomic mass is 9.75. The molecular weight excluding hydrogens is 446 g/mol. The fourth-order valence-corrected chi connectivity index (χ4v) is 9.71. The maximum Gasteiger partial charge on any atom is 0.237 e. The summed E-state index contributed by atoms with van der Waals surface area (Å²) < 4.78 is 0. The largest absolute Gasteiger partial charge is 0.395 e. The molecule has 8 unspecified atom stereocenters. The molecule has 34 heavy (non-hydrogen) atoms. The Morgan fingerprint density at radius 1 is 1.06 bits per heavy atom. The molecule has 0 spiro atoms. The summed E-state index contributed by atoms with van der Waals surface area (Å²) in [5.74, 6) is 2.49. The summed E-state index contributed by atoms with van der Waals surface area (Å²) >= 11 is 2.01. The van der Waals surface area contributed by atoms with Gasteiger partial charge in [-0.25, -0.2) is 0 Å². The number of nitrogens with zero attached hydrogens (tertiary/aromatic N) is 1. The minimum absolute atomic E-state index is 0.0561. The molecule has 8 heteroatoms. The Hall–Kier alpha value is -0.830. The van der Waals surface area contributed by atoms with Crippen LogP contribution in [0.3, 0.4) is 0 Å². The highest BCUT2D eigenvalue weighted by Gasteiger charge is 2.50. The van der Waals surface area contributed by atoms with Gasteiger partial charge in [-0.1, -0.05) is 6.42 Å². The third kappa shape index (κ3) is 5.16. The molecule has 7 N–H and O–H groups in total. The molecule has 0 aromatic heterocycles. The Kier molecular flexibility index (Phi) is 7.78. The number of nitrogens with two attached hydrogens (primary N) is 2. The molecule has 0 aromatic rings. The standard InChI is InChI=1S/C26H45N5O2S/c27-18-6-8-19(9-7-18)30-26(33)23-10-15-4-5-16(25(28)29)11-22(15)31(23)13-17-2-1-3-24-21(17)12-20(14-32)34-24/h15-24,32H,1-14,27H2,(H3,28,29)(H,30,33). The van der Waals surface area contributed by atoms with Crippen molar-refractivity contribution in [3.05, 3.63) is 0 Å². The Balaban J connectivity index is 1.31. The molecule has 2 aliphatic heterocycles. The molecule has 2 saturated heterocycles. The Morgan fingerprint density at radius 2 is 1.85 bits per heavy atom. The van der Waals surface area contributed by atoms with Crippen LogP contribution >= 0.6 is 11.8 Å². The van der Waals surface area contributed by atoms with Crippen LogP contribution in [0.1, 0.15) is 77.0 Å². The molecule has 5 rings (SSSR count). The molecular formula is C26H45N5O2S. The van der Waals surface area contributed by atoms with E-state index in [4.69, 9.17) is 16.9 Å². The number of aliphatic hydroxyl groups excluding tert-OH is 1. The van der Waals surface area contributed by atoms with Gasteiger partial charge in [0, 0.05) is 41.1 Å². The van der Waals surface area contributed by atoms with Crippen LogP contribution in [-0.4, -0.2) is 69.6 Å². The van der Waals surface area contributed by atoms with E-state index in [1.54, 1.807) is 0 Å². The highest BCUT2D eigenvalue weighted by atomic mass is 32.2. The van der Waals surface area contributed by atoms with Crippen LogP contribution in [0.25, 0.3) is 0 Å². The lowest BCUT2D eigenvalue weighted by molar-refractivity contribution is -0.127. The van der Waals surface area contributed by atoms with Gasteiger partial charge in [-0.2, -0.15) is 11.8 Å². The number of amidine groups is 1. The summed E-state index contributed by atoms with van der Waals surface area (Å²) in [5.41, 5.74) is 12.0. The summed E-state index contributed by atoms with van der Waals surface area (Å²) in [5, 5.41) is 22.3. The lowest BCUT2D eigenvalue weighted by Crippen LogP contribution is -2.53. The van der Waals surface area contributed by atoms with Crippen LogP contribution < -0.4 is 16.8 Å². The van der Waals surface area contributed by atoms with Gasteiger partial charge >= 0.3 is 0 Å². The number of nitrogens with one attached hydrogen (secondary N) is 2. The van der Waals surface area contributed by atoms with E-state index in [0.29, 0.717) is 40.1 Å². The topological polar surface area (TPSA) is 128 Å². The van der Waals surface area contributed by atoms with E-state index < -0.39 is 0 Å². The van der Waals surface area contributed by atoms with Crippen molar-refractivity contribution in [2.75, 3.05) is 13.2 Å². The average molecular weight is 492 g/mol. The van der Waals surface area contributed by atoms with Crippen molar-refractivity contribution in [3.8, 4) is 0 Å². The number of likely N-dealkylation sites (tertiary alicyclic amines) is 1. The van der Waals surface area contributed by atoms with Crippen molar-refractivity contribution < 1.29 is 9.90 Å². The molecule has 8 atom stereocenters. The van der Waals surface area contributed by atoms with E-state index in [2.05, 4.69) is 10.2 Å². The zero-order valence-corrected chi connectivity index (χ0v) is 21.4. The van der Waals surface area contributed by atoms with E-state index in [0.717, 1.165) is 64.3 Å². The third-order valence-electron chi connectivity index (χ3n) is 9.87. The van der Waals surface area contributed by atoms with Crippen LogP contribution in [0.4, 0.5) is 0 Å². The van der Waals surface area contributed by atoms with Crippen molar-refractivity contribution in [2.24, 2.45) is 35.1 Å². The molecule has 0 aromatic carbocycles. The van der Waals surface area contributed by atoms with Crippen LogP contribution in [0.5, 0.6) is 0 Å². The summed E-state index contributed by atoms with van der Waals surface area (Å²) in [6, 6.07) is 0.853. The molecule has 3 aliphatic carbocycles. The second-order valence-corrected chi connectivity index (χ2v) is 13.5. The monoisotopic (exact) mass is 491 g/mol. The van der Waals surface area contributed by atoms with Crippen LogP contribution in [-0.2, 0) is 4.79 Å². The summed E-state index contributed by atoms with van der Waals surface area (Å²) in [6.45, 7) is 1.27. The van der Waals surface area contributed by atoms with Crippen molar-refractivity contribution in [1.29, 1.82) is 5.41 Å². The fraction of sp³-hybridized carbons (Fsp3) is 0.923. The zero-order valence-electron chi connectivity index (χ0n) is 20.5. The van der Waals surface area contributed by atoms with Crippen molar-refractivity contribution in [1.82, 2.24) is 10.2 Å². The first-order valence-corrected chi connectivity index (χ1v) is 14.8. The van der Waals surface area contributed by atoms with Crippen LogP contribution in [0, 0.1) is 29.1 Å². The number of hydrogen-bond acceptors (Lipinski definition) is 6. The smallest absolute Gasteiger partial charge is 0.237 e. The van der Waals surface area contributed by atoms with Gasteiger partial charge in [0.1, 0.15) is 0 Å². The molecule has 1 amide bonds. The number of aliphatic hydroxyl groups is 1. The number of amides is 1. The van der Waals surface area contributed by atoms with Gasteiger partial charge < -0.3 is 21.9 Å². The Bertz CT molecular complexity index is 745. The van der Waals surface area contributed by atoms with E-state index in [9.17, 15) is 9.90 Å². The number of fused-ring (bicyclic) bond motifs is 2. The highest BCUT2D eigenvalue weighted by molar-refractivity contribution is 8.00. The Labute approximate surface area is 209 Å². The number of thioether (sulfide) groups is 1. The normalized spacial score (nSPS) is 44.9. The van der Waals surface area contributed by atoms with Gasteiger partial charge in [0.15, 0.2) is 0 Å². The summed E-state index contributed by atoms with van der Waals surface area (Å²) in [6.07, 6.45) is 12.8. The zero-order chi connectivity index (χ0) is 23.8. The minimum atomic E-state index is -0.0561. The number of hydrogen-bond donors (Lipinski definition) is 5. The third-order valence-corrected chi connectivity index (χ3v) is 11.5. The van der Waals surface area contributed by atoms with Gasteiger partial charge in [-0.05, 0) is 88.4 Å². The van der Waals surface area contributed by atoms with E-state index in [1.807, 2.05) is 11.8 Å². The lowest BCUT2D eigenvalue weighted by Gasteiger charge is -2.42. The molecule has 0 radical (unpaired) electrons. The van der Waals surface area contributed by atoms with Gasteiger partial charge in [0.25, 0.3) is 0 Å². The van der Waals surface area contributed by atoms with Crippen LogP contribution in [0.15, 0.2) is 0 Å². The van der Waals surface area contributed by atoms with Gasteiger partial charge in [0.2, 0.25) is 5.91 Å². The van der Waals surface area contributed by atoms with Crippen molar-refractivity contribution in [2.45, 2.75) is 112 Å². The SMILES string of the molecule is N=C(N)C1CCC2CC(C(=O)NC3CCC(N)CC3)N(CC3CCCC4SC(CO)CC34)C2C1. The van der Waals surface area contributed by atoms with Crippen LogP contribution in [0.2, 0.25) is 0 Å². The van der Waals surface area contributed by atoms with Gasteiger partial charge in [-0.15, -0.1) is 0 Å². The number of carbonyl (C=O) groups is 1. The second kappa shape index (κ2) is 10.7. The van der Waals surface area contributed by atoms with E-state index >= 15 is 0 Å². The van der Waals surface area contributed by atoms with Crippen molar-refractivity contribution >= 4 is 23.5 Å². The van der Waals surface area contributed by atoms with E-state index in [1.165, 1.54) is 19.3 Å². The molecule has 2 heterocycles. The quantitative estimate of drug-likeness (QED) is 0.287.